The normalized spacial score (nSPS) is 16.9. The molecule has 3 unspecified atom stereocenters. The topological polar surface area (TPSA) is 52.3 Å². The van der Waals surface area contributed by atoms with Gasteiger partial charge in [0, 0.05) is 17.0 Å². The molecule has 0 fully saturated rings. The first-order valence-electron chi connectivity index (χ1n) is 4.58. The van der Waals surface area contributed by atoms with E-state index in [0.717, 1.165) is 0 Å². The third kappa shape index (κ3) is 4.63. The largest absolute Gasteiger partial charge is 0.461 e. The molecular formula is C10H18ClNO2. The first-order chi connectivity index (χ1) is 6.36. The second kappa shape index (κ2) is 6.04. The highest BCUT2D eigenvalue weighted by Crippen LogP contribution is 2.13. The summed E-state index contributed by atoms with van der Waals surface area (Å²) in [5, 5.41) is -0.0338. The maximum Gasteiger partial charge on any atom is 0.333 e. The van der Waals surface area contributed by atoms with Crippen LogP contribution in [0.3, 0.4) is 0 Å². The summed E-state index contributed by atoms with van der Waals surface area (Å²) in [7, 11) is 0. The molecule has 14 heavy (non-hydrogen) atoms. The molecule has 3 nitrogen and oxygen atoms in total. The maximum absolute atomic E-state index is 11.0. The number of hydrogen-bond acceptors (Lipinski definition) is 3. The van der Waals surface area contributed by atoms with Crippen molar-refractivity contribution < 1.29 is 9.53 Å². The molecule has 0 aromatic carbocycles. The van der Waals surface area contributed by atoms with E-state index in [4.69, 9.17) is 22.1 Å². The Morgan fingerprint density at radius 3 is 2.43 bits per heavy atom. The Hall–Kier alpha value is -0.540. The van der Waals surface area contributed by atoms with Gasteiger partial charge in [-0.05, 0) is 19.8 Å². The van der Waals surface area contributed by atoms with E-state index in [1.54, 1.807) is 6.92 Å². The highest BCUT2D eigenvalue weighted by atomic mass is 35.5. The van der Waals surface area contributed by atoms with Crippen molar-refractivity contribution in [2.24, 2.45) is 11.7 Å². The summed E-state index contributed by atoms with van der Waals surface area (Å²) in [5.74, 6) is -0.301. The fourth-order valence-corrected chi connectivity index (χ4v) is 0.974. The van der Waals surface area contributed by atoms with Crippen molar-refractivity contribution in [3.05, 3.63) is 12.2 Å². The minimum absolute atomic E-state index is 0.0338. The third-order valence-corrected chi connectivity index (χ3v) is 2.55. The summed E-state index contributed by atoms with van der Waals surface area (Å²) in [5.41, 5.74) is 6.15. The molecule has 2 N–H and O–H groups in total. The Balaban J connectivity index is 3.90. The number of carbonyl (C=O) groups excluding carboxylic acids is 1. The molecule has 4 heteroatoms. The van der Waals surface area contributed by atoms with Crippen LogP contribution in [0, 0.1) is 5.92 Å². The first-order valence-corrected chi connectivity index (χ1v) is 5.02. The van der Waals surface area contributed by atoms with Crippen molar-refractivity contribution in [2.75, 3.05) is 6.61 Å². The summed E-state index contributed by atoms with van der Waals surface area (Å²) in [6.45, 7) is 9.05. The fraction of sp³-hybridized carbons (Fsp3) is 0.700. The lowest BCUT2D eigenvalue weighted by atomic mass is 10.0. The van der Waals surface area contributed by atoms with Crippen LogP contribution in [0.15, 0.2) is 12.2 Å². The smallest absolute Gasteiger partial charge is 0.333 e. The van der Waals surface area contributed by atoms with Crippen molar-refractivity contribution in [3.63, 3.8) is 0 Å². The van der Waals surface area contributed by atoms with Crippen molar-refractivity contribution >= 4 is 17.6 Å². The van der Waals surface area contributed by atoms with Crippen LogP contribution in [-0.4, -0.2) is 24.0 Å². The highest BCUT2D eigenvalue weighted by molar-refractivity contribution is 6.20. The standard InChI is InChI=1S/C10H18ClNO2/c1-6(2)10(13)14-5-9(12)7(3)8(4)11/h7-9H,1,5,12H2,2-4H3. The van der Waals surface area contributed by atoms with Gasteiger partial charge in [-0.2, -0.15) is 0 Å². The van der Waals surface area contributed by atoms with Gasteiger partial charge in [-0.25, -0.2) is 4.79 Å². The molecule has 0 aromatic rings. The number of hydrogen-bond donors (Lipinski definition) is 1. The summed E-state index contributed by atoms with van der Waals surface area (Å²) in [4.78, 5) is 11.0. The number of esters is 1. The number of alkyl halides is 1. The van der Waals surface area contributed by atoms with Gasteiger partial charge < -0.3 is 10.5 Å². The molecule has 0 heterocycles. The summed E-state index contributed by atoms with van der Waals surface area (Å²) >= 11 is 5.86. The highest BCUT2D eigenvalue weighted by Gasteiger charge is 2.19. The fourth-order valence-electron chi connectivity index (χ4n) is 0.788. The lowest BCUT2D eigenvalue weighted by molar-refractivity contribution is -0.139. The van der Waals surface area contributed by atoms with Gasteiger partial charge in [0.25, 0.3) is 0 Å². The first kappa shape index (κ1) is 13.5. The van der Waals surface area contributed by atoms with Gasteiger partial charge in [-0.15, -0.1) is 11.6 Å². The Morgan fingerprint density at radius 1 is 1.57 bits per heavy atom. The van der Waals surface area contributed by atoms with Crippen LogP contribution in [0.25, 0.3) is 0 Å². The average molecular weight is 220 g/mol. The number of nitrogens with two attached hydrogens (primary N) is 1. The molecular weight excluding hydrogens is 202 g/mol. The van der Waals surface area contributed by atoms with Crippen LogP contribution in [0.4, 0.5) is 0 Å². The van der Waals surface area contributed by atoms with E-state index >= 15 is 0 Å². The number of carbonyl (C=O) groups is 1. The Kier molecular flexibility index (Phi) is 5.81. The monoisotopic (exact) mass is 219 g/mol. The van der Waals surface area contributed by atoms with Crippen LogP contribution >= 0.6 is 11.6 Å². The molecule has 0 radical (unpaired) electrons. The van der Waals surface area contributed by atoms with E-state index in [-0.39, 0.29) is 23.9 Å². The van der Waals surface area contributed by atoms with Gasteiger partial charge in [0.15, 0.2) is 0 Å². The zero-order chi connectivity index (χ0) is 11.3. The molecule has 0 saturated heterocycles. The van der Waals surface area contributed by atoms with Crippen LogP contribution in [0.2, 0.25) is 0 Å². The Morgan fingerprint density at radius 2 is 2.07 bits per heavy atom. The zero-order valence-corrected chi connectivity index (χ0v) is 9.67. The molecule has 0 aliphatic heterocycles. The van der Waals surface area contributed by atoms with Gasteiger partial charge in [0.1, 0.15) is 6.61 Å². The second-order valence-electron chi connectivity index (χ2n) is 3.58. The van der Waals surface area contributed by atoms with Gasteiger partial charge in [-0.3, -0.25) is 0 Å². The third-order valence-electron chi connectivity index (χ3n) is 2.16. The summed E-state index contributed by atoms with van der Waals surface area (Å²) < 4.78 is 4.91. The summed E-state index contributed by atoms with van der Waals surface area (Å²) in [6, 6.07) is -0.231. The molecule has 0 spiro atoms. The van der Waals surface area contributed by atoms with Crippen LogP contribution in [0.5, 0.6) is 0 Å². The minimum Gasteiger partial charge on any atom is -0.461 e. The molecule has 82 valence electrons. The van der Waals surface area contributed by atoms with E-state index in [1.807, 2.05) is 13.8 Å². The van der Waals surface area contributed by atoms with Gasteiger partial charge in [0.2, 0.25) is 0 Å². The van der Waals surface area contributed by atoms with Crippen LogP contribution < -0.4 is 5.73 Å². The summed E-state index contributed by atoms with van der Waals surface area (Å²) in [6.07, 6.45) is 0. The van der Waals surface area contributed by atoms with Crippen LogP contribution in [0.1, 0.15) is 20.8 Å². The maximum atomic E-state index is 11.0. The molecule has 0 rings (SSSR count). The quantitative estimate of drug-likeness (QED) is 0.435. The molecule has 3 atom stereocenters. The van der Waals surface area contributed by atoms with Crippen molar-refractivity contribution in [2.45, 2.75) is 32.2 Å². The molecule has 0 amide bonds. The molecule has 0 aliphatic carbocycles. The van der Waals surface area contributed by atoms with Gasteiger partial charge in [-0.1, -0.05) is 13.5 Å². The van der Waals surface area contributed by atoms with E-state index < -0.39 is 5.97 Å². The number of rotatable bonds is 5. The predicted octanol–water partition coefficient (Wildman–Crippen LogP) is 1.70. The molecule has 0 aliphatic rings. The lowest BCUT2D eigenvalue weighted by Crippen LogP contribution is -2.37. The Bertz CT molecular complexity index is 216. The van der Waals surface area contributed by atoms with E-state index in [1.165, 1.54) is 0 Å². The number of ether oxygens (including phenoxy) is 1. The second-order valence-corrected chi connectivity index (χ2v) is 4.27. The van der Waals surface area contributed by atoms with E-state index in [0.29, 0.717) is 5.57 Å². The minimum atomic E-state index is -0.408. The predicted molar refractivity (Wildman–Crippen MR) is 58.2 cm³/mol. The van der Waals surface area contributed by atoms with Crippen molar-refractivity contribution in [3.8, 4) is 0 Å². The molecule has 0 saturated carbocycles. The van der Waals surface area contributed by atoms with Gasteiger partial charge >= 0.3 is 5.97 Å². The van der Waals surface area contributed by atoms with Crippen LogP contribution in [-0.2, 0) is 9.53 Å². The van der Waals surface area contributed by atoms with E-state index in [9.17, 15) is 4.79 Å². The van der Waals surface area contributed by atoms with E-state index in [2.05, 4.69) is 6.58 Å². The lowest BCUT2D eigenvalue weighted by Gasteiger charge is -2.21. The van der Waals surface area contributed by atoms with Crippen molar-refractivity contribution in [1.82, 2.24) is 0 Å². The van der Waals surface area contributed by atoms with Crippen molar-refractivity contribution in [1.29, 1.82) is 0 Å². The SMILES string of the molecule is C=C(C)C(=O)OCC(N)C(C)C(C)Cl. The average Bonchev–Trinajstić information content (AvgIpc) is 2.11. The molecule has 0 bridgehead atoms. The molecule has 0 aromatic heterocycles. The zero-order valence-electron chi connectivity index (χ0n) is 8.92. The van der Waals surface area contributed by atoms with Gasteiger partial charge in [0.05, 0.1) is 0 Å². The Labute approximate surface area is 90.3 Å². The number of halogens is 1.